The van der Waals surface area contributed by atoms with Crippen LogP contribution in [-0.4, -0.2) is 49.0 Å². The summed E-state index contributed by atoms with van der Waals surface area (Å²) in [6.45, 7) is 0.628. The molecule has 122 valence electrons. The predicted octanol–water partition coefficient (Wildman–Crippen LogP) is 1.15. The molecule has 0 radical (unpaired) electrons. The minimum atomic E-state index is 0.0330. The fourth-order valence-corrected chi connectivity index (χ4v) is 3.30. The number of amides is 1. The van der Waals surface area contributed by atoms with Gasteiger partial charge >= 0.3 is 0 Å². The molecule has 4 rings (SSSR count). The molecule has 1 aliphatic rings. The molecule has 2 atom stereocenters. The lowest BCUT2D eigenvalue weighted by molar-refractivity contribution is -0.127. The van der Waals surface area contributed by atoms with Crippen LogP contribution in [0.3, 0.4) is 0 Å². The summed E-state index contributed by atoms with van der Waals surface area (Å²) >= 11 is 0. The van der Waals surface area contributed by atoms with E-state index in [0.717, 1.165) is 5.56 Å². The number of anilines is 1. The zero-order valence-corrected chi connectivity index (χ0v) is 13.2. The molecule has 0 aliphatic carbocycles. The van der Waals surface area contributed by atoms with Crippen LogP contribution in [0.25, 0.3) is 5.65 Å². The number of fused-ring (bicyclic) bond motifs is 1. The van der Waals surface area contributed by atoms with Crippen LogP contribution in [-0.2, 0) is 4.79 Å². The van der Waals surface area contributed by atoms with Gasteiger partial charge in [-0.05, 0) is 17.7 Å². The Morgan fingerprint density at radius 3 is 2.96 bits per heavy atom. The molecule has 8 nitrogen and oxygen atoms in total. The Morgan fingerprint density at radius 1 is 1.29 bits per heavy atom. The number of carbonyl (C=O) groups excluding carboxylic acids is 1. The molecule has 3 aromatic rings. The number of pyridine rings is 1. The van der Waals surface area contributed by atoms with Crippen LogP contribution in [0.5, 0.6) is 0 Å². The summed E-state index contributed by atoms with van der Waals surface area (Å²) in [5.74, 6) is 0.970. The molecule has 1 aliphatic heterocycles. The van der Waals surface area contributed by atoms with Crippen molar-refractivity contribution in [2.75, 3.05) is 18.9 Å². The summed E-state index contributed by atoms with van der Waals surface area (Å²) in [4.78, 5) is 22.4. The van der Waals surface area contributed by atoms with Crippen LogP contribution in [0.15, 0.2) is 43.2 Å². The van der Waals surface area contributed by atoms with Crippen molar-refractivity contribution in [3.63, 3.8) is 0 Å². The van der Waals surface area contributed by atoms with Gasteiger partial charge in [-0.15, -0.1) is 10.2 Å². The Bertz CT molecular complexity index is 863. The van der Waals surface area contributed by atoms with Gasteiger partial charge in [-0.25, -0.2) is 4.98 Å². The van der Waals surface area contributed by atoms with E-state index in [0.29, 0.717) is 24.4 Å². The highest BCUT2D eigenvalue weighted by molar-refractivity contribution is 5.79. The van der Waals surface area contributed by atoms with Crippen molar-refractivity contribution in [1.82, 2.24) is 29.5 Å². The number of hydrogen-bond acceptors (Lipinski definition) is 6. The van der Waals surface area contributed by atoms with Gasteiger partial charge in [0.1, 0.15) is 6.33 Å². The SMILES string of the molecule is CN1C(=O)C[C@@H](CNc2nccn3cnnc23)[C@@H]1c1ccncc1. The zero-order valence-electron chi connectivity index (χ0n) is 13.2. The normalized spacial score (nSPS) is 20.7. The molecule has 0 saturated carbocycles. The van der Waals surface area contributed by atoms with E-state index in [4.69, 9.17) is 0 Å². The number of likely N-dealkylation sites (tertiary alicyclic amines) is 1. The molecule has 1 amide bonds. The summed E-state index contributed by atoms with van der Waals surface area (Å²) in [5, 5.41) is 11.3. The minimum Gasteiger partial charge on any atom is -0.367 e. The summed E-state index contributed by atoms with van der Waals surface area (Å²) in [6.07, 6.45) is 9.16. The highest BCUT2D eigenvalue weighted by Crippen LogP contribution is 2.36. The first-order valence-electron chi connectivity index (χ1n) is 7.78. The van der Waals surface area contributed by atoms with Crippen molar-refractivity contribution >= 4 is 17.4 Å². The van der Waals surface area contributed by atoms with Crippen molar-refractivity contribution in [3.8, 4) is 0 Å². The molecular weight excluding hydrogens is 306 g/mol. The Labute approximate surface area is 138 Å². The second-order valence-electron chi connectivity index (χ2n) is 5.91. The van der Waals surface area contributed by atoms with E-state index in [-0.39, 0.29) is 17.9 Å². The largest absolute Gasteiger partial charge is 0.367 e. The first-order chi connectivity index (χ1) is 11.7. The molecule has 0 unspecified atom stereocenters. The van der Waals surface area contributed by atoms with Gasteiger partial charge in [-0.1, -0.05) is 0 Å². The molecular formula is C16H17N7O. The maximum Gasteiger partial charge on any atom is 0.223 e. The lowest BCUT2D eigenvalue weighted by Gasteiger charge is -2.25. The lowest BCUT2D eigenvalue weighted by atomic mass is 9.94. The van der Waals surface area contributed by atoms with E-state index in [1.165, 1.54) is 0 Å². The van der Waals surface area contributed by atoms with E-state index in [1.54, 1.807) is 31.1 Å². The molecule has 24 heavy (non-hydrogen) atoms. The Balaban J connectivity index is 1.56. The molecule has 0 spiro atoms. The van der Waals surface area contributed by atoms with Gasteiger partial charge in [0, 0.05) is 50.7 Å². The predicted molar refractivity (Wildman–Crippen MR) is 87.1 cm³/mol. The maximum absolute atomic E-state index is 12.2. The van der Waals surface area contributed by atoms with Crippen LogP contribution in [0.2, 0.25) is 0 Å². The standard InChI is InChI=1S/C16H17N7O/c1-22-13(24)8-12(14(22)11-2-4-17-5-3-11)9-19-15-16-21-20-10-23(16)7-6-18-15/h2-7,10,12,14H,8-9H2,1H3,(H,18,19)/t12-,14-/m0/s1. The monoisotopic (exact) mass is 323 g/mol. The fourth-order valence-electron chi connectivity index (χ4n) is 3.30. The van der Waals surface area contributed by atoms with Gasteiger partial charge in [-0.2, -0.15) is 0 Å². The van der Waals surface area contributed by atoms with Gasteiger partial charge in [0.05, 0.1) is 6.04 Å². The summed E-state index contributed by atoms with van der Waals surface area (Å²) in [6, 6.07) is 3.96. The molecule has 0 bridgehead atoms. The molecule has 1 fully saturated rings. The minimum absolute atomic E-state index is 0.0330. The Morgan fingerprint density at radius 2 is 2.12 bits per heavy atom. The smallest absolute Gasteiger partial charge is 0.223 e. The first-order valence-corrected chi connectivity index (χ1v) is 7.78. The summed E-state index contributed by atoms with van der Waals surface area (Å²) in [5.41, 5.74) is 1.77. The molecule has 8 heteroatoms. The second kappa shape index (κ2) is 5.88. The van der Waals surface area contributed by atoms with E-state index in [9.17, 15) is 4.79 Å². The van der Waals surface area contributed by atoms with Gasteiger partial charge in [0.15, 0.2) is 5.82 Å². The average Bonchev–Trinajstić information content (AvgIpc) is 3.19. The highest BCUT2D eigenvalue weighted by atomic mass is 16.2. The quantitative estimate of drug-likeness (QED) is 0.775. The van der Waals surface area contributed by atoms with Crippen molar-refractivity contribution in [1.29, 1.82) is 0 Å². The van der Waals surface area contributed by atoms with Crippen LogP contribution in [0.4, 0.5) is 5.82 Å². The van der Waals surface area contributed by atoms with Crippen molar-refractivity contribution in [3.05, 3.63) is 48.8 Å². The highest BCUT2D eigenvalue weighted by Gasteiger charge is 2.38. The lowest BCUT2D eigenvalue weighted by Crippen LogP contribution is -2.26. The first kappa shape index (κ1) is 14.6. The van der Waals surface area contributed by atoms with E-state index < -0.39 is 0 Å². The van der Waals surface area contributed by atoms with Crippen molar-refractivity contribution in [2.45, 2.75) is 12.5 Å². The van der Waals surface area contributed by atoms with E-state index in [2.05, 4.69) is 25.5 Å². The summed E-state index contributed by atoms with van der Waals surface area (Å²) < 4.78 is 1.81. The van der Waals surface area contributed by atoms with Crippen LogP contribution < -0.4 is 5.32 Å². The van der Waals surface area contributed by atoms with Gasteiger partial charge in [-0.3, -0.25) is 14.2 Å². The van der Waals surface area contributed by atoms with Crippen molar-refractivity contribution in [2.24, 2.45) is 5.92 Å². The molecule has 4 heterocycles. The molecule has 1 N–H and O–H groups in total. The number of rotatable bonds is 4. The third-order valence-corrected chi connectivity index (χ3v) is 4.49. The topological polar surface area (TPSA) is 88.3 Å². The van der Waals surface area contributed by atoms with Crippen molar-refractivity contribution < 1.29 is 4.79 Å². The Kier molecular flexibility index (Phi) is 3.56. The average molecular weight is 323 g/mol. The van der Waals surface area contributed by atoms with E-state index >= 15 is 0 Å². The van der Waals surface area contributed by atoms with Crippen LogP contribution in [0.1, 0.15) is 18.0 Å². The fraction of sp³-hybridized carbons (Fsp3) is 0.312. The van der Waals surface area contributed by atoms with Gasteiger partial charge < -0.3 is 10.2 Å². The summed E-state index contributed by atoms with van der Waals surface area (Å²) in [7, 11) is 1.85. The number of nitrogens with one attached hydrogen (secondary N) is 1. The van der Waals surface area contributed by atoms with Gasteiger partial charge in [0.2, 0.25) is 11.6 Å². The number of carbonyl (C=O) groups is 1. The Hall–Kier alpha value is -3.03. The second-order valence-corrected chi connectivity index (χ2v) is 5.91. The number of hydrogen-bond donors (Lipinski definition) is 1. The van der Waals surface area contributed by atoms with Gasteiger partial charge in [0.25, 0.3) is 0 Å². The van der Waals surface area contributed by atoms with Crippen LogP contribution in [0, 0.1) is 5.92 Å². The van der Waals surface area contributed by atoms with E-state index in [1.807, 2.05) is 28.5 Å². The number of nitrogens with zero attached hydrogens (tertiary/aromatic N) is 6. The van der Waals surface area contributed by atoms with Crippen LogP contribution >= 0.6 is 0 Å². The molecule has 3 aromatic heterocycles. The zero-order chi connectivity index (χ0) is 16.5. The number of aromatic nitrogens is 5. The molecule has 1 saturated heterocycles. The third-order valence-electron chi connectivity index (χ3n) is 4.49. The molecule has 0 aromatic carbocycles. The maximum atomic E-state index is 12.2. The third kappa shape index (κ3) is 2.45.